The number of rotatable bonds is 7. The number of H-pyrrole nitrogens is 1. The molecule has 2 aromatic carbocycles. The molecule has 0 spiro atoms. The van der Waals surface area contributed by atoms with Gasteiger partial charge in [-0.3, -0.25) is 4.79 Å². The molecule has 2 amide bonds. The molecule has 12 nitrogen and oxygen atoms in total. The molecule has 0 saturated carbocycles. The van der Waals surface area contributed by atoms with Gasteiger partial charge in [0.15, 0.2) is 5.65 Å². The second-order valence-corrected chi connectivity index (χ2v) is 6.99. The van der Waals surface area contributed by atoms with Crippen LogP contribution in [0.1, 0.15) is 12.5 Å². The van der Waals surface area contributed by atoms with Crippen molar-refractivity contribution in [2.45, 2.75) is 13.5 Å². The molecule has 0 unspecified atom stereocenters. The van der Waals surface area contributed by atoms with Gasteiger partial charge in [0.05, 0.1) is 6.33 Å². The number of nitrogens with zero attached hydrogens (tertiary/aromatic N) is 6. The molecule has 0 atom stereocenters. The van der Waals surface area contributed by atoms with Gasteiger partial charge in [0.1, 0.15) is 17.9 Å². The van der Waals surface area contributed by atoms with Crippen LogP contribution in [0.2, 0.25) is 0 Å². The summed E-state index contributed by atoms with van der Waals surface area (Å²) in [6, 6.07) is 15.9. The van der Waals surface area contributed by atoms with Crippen molar-refractivity contribution in [2.75, 3.05) is 12.4 Å². The number of ether oxygens (including phenoxy) is 2. The predicted molar refractivity (Wildman–Crippen MR) is 122 cm³/mol. The van der Waals surface area contributed by atoms with Crippen LogP contribution in [0.4, 0.5) is 16.4 Å². The van der Waals surface area contributed by atoms with Gasteiger partial charge in [-0.15, -0.1) is 0 Å². The Morgan fingerprint density at radius 3 is 2.59 bits per heavy atom. The van der Waals surface area contributed by atoms with Crippen molar-refractivity contribution in [3.05, 3.63) is 66.5 Å². The zero-order valence-corrected chi connectivity index (χ0v) is 18.3. The second-order valence-electron chi connectivity index (χ2n) is 6.99. The van der Waals surface area contributed by atoms with Gasteiger partial charge in [-0.05, 0) is 29.8 Å². The summed E-state index contributed by atoms with van der Waals surface area (Å²) in [4.78, 5) is 38.9. The van der Waals surface area contributed by atoms with E-state index in [9.17, 15) is 9.59 Å². The van der Waals surface area contributed by atoms with Crippen LogP contribution >= 0.6 is 0 Å². The fourth-order valence-corrected chi connectivity index (χ4v) is 2.79. The van der Waals surface area contributed by atoms with Gasteiger partial charge in [0.25, 0.3) is 5.95 Å². The minimum absolute atomic E-state index is 0.0398. The number of aromatic nitrogens is 4. The van der Waals surface area contributed by atoms with Crippen molar-refractivity contribution in [2.24, 2.45) is 10.3 Å². The van der Waals surface area contributed by atoms with E-state index in [2.05, 4.69) is 35.6 Å². The fourth-order valence-electron chi connectivity index (χ4n) is 2.79. The summed E-state index contributed by atoms with van der Waals surface area (Å²) in [6.07, 6.45) is 0.688. The number of imidazole rings is 1. The zero-order valence-electron chi connectivity index (χ0n) is 18.3. The minimum atomic E-state index is -0.780. The lowest BCUT2D eigenvalue weighted by molar-refractivity contribution is -0.114. The van der Waals surface area contributed by atoms with Crippen LogP contribution in [0.3, 0.4) is 0 Å². The van der Waals surface area contributed by atoms with E-state index in [-0.39, 0.29) is 30.1 Å². The molecule has 2 aromatic heterocycles. The molecule has 0 bridgehead atoms. The van der Waals surface area contributed by atoms with Crippen molar-refractivity contribution in [3.8, 4) is 11.6 Å². The molecule has 4 rings (SSSR count). The van der Waals surface area contributed by atoms with Crippen molar-refractivity contribution in [1.29, 1.82) is 0 Å². The van der Waals surface area contributed by atoms with Crippen LogP contribution in [0.25, 0.3) is 11.2 Å². The predicted octanol–water partition coefficient (Wildman–Crippen LogP) is 4.02. The Kier molecular flexibility index (Phi) is 6.68. The molecule has 0 aliphatic rings. The number of anilines is 1. The highest BCUT2D eigenvalue weighted by Crippen LogP contribution is 2.23. The topological polar surface area (TPSA) is 147 Å². The zero-order chi connectivity index (χ0) is 23.9. The van der Waals surface area contributed by atoms with E-state index in [1.54, 1.807) is 24.3 Å². The van der Waals surface area contributed by atoms with Crippen LogP contribution in [0, 0.1) is 0 Å². The Hall–Kier alpha value is -4.87. The number of fused-ring (bicyclic) bond motifs is 1. The molecule has 2 heterocycles. The Labute approximate surface area is 193 Å². The fraction of sp³-hybridized carbons (Fsp3) is 0.136. The van der Waals surface area contributed by atoms with Gasteiger partial charge in [-0.25, -0.2) is 9.78 Å². The quantitative estimate of drug-likeness (QED) is 0.313. The summed E-state index contributed by atoms with van der Waals surface area (Å²) in [5, 5.41) is 11.2. The summed E-state index contributed by atoms with van der Waals surface area (Å²) in [7, 11) is 1.37. The first-order chi connectivity index (χ1) is 16.5. The van der Waals surface area contributed by atoms with Crippen LogP contribution < -0.4 is 14.8 Å². The molecule has 0 saturated heterocycles. The Balaban J connectivity index is 1.42. The smallest absolute Gasteiger partial charge is 0.436 e. The Bertz CT molecular complexity index is 1320. The summed E-state index contributed by atoms with van der Waals surface area (Å²) in [5.41, 5.74) is 2.41. The van der Waals surface area contributed by atoms with Gasteiger partial charge in [0.2, 0.25) is 11.8 Å². The molecule has 2 N–H and O–H groups in total. The normalized spacial score (nSPS) is 10.9. The van der Waals surface area contributed by atoms with Crippen molar-refractivity contribution in [3.63, 3.8) is 0 Å². The molecule has 0 radical (unpaired) electrons. The number of carbonyl (C=O) groups is 2. The van der Waals surface area contributed by atoms with E-state index >= 15 is 0 Å². The first kappa shape index (κ1) is 22.3. The number of nitrogens with one attached hydrogen (secondary N) is 2. The van der Waals surface area contributed by atoms with Crippen molar-refractivity contribution in [1.82, 2.24) is 24.9 Å². The summed E-state index contributed by atoms with van der Waals surface area (Å²) < 4.78 is 11.0. The lowest BCUT2D eigenvalue weighted by atomic mass is 10.2. The third-order valence-corrected chi connectivity index (χ3v) is 4.37. The molecule has 0 fully saturated rings. The third-order valence-electron chi connectivity index (χ3n) is 4.37. The summed E-state index contributed by atoms with van der Waals surface area (Å²) in [6.45, 7) is 1.69. The van der Waals surface area contributed by atoms with Crippen LogP contribution in [0.5, 0.6) is 11.6 Å². The SMILES string of the molecule is CC(=O)Nc1ccc(OC(=O)N(C)/N=N/c2nc(OCc3ccccc3)c3[nH]cnc3n2)cc1. The first-order valence-electron chi connectivity index (χ1n) is 10.1. The lowest BCUT2D eigenvalue weighted by Crippen LogP contribution is -2.24. The average Bonchev–Trinajstić information content (AvgIpc) is 3.31. The molecule has 12 heteroatoms. The van der Waals surface area contributed by atoms with Gasteiger partial charge in [-0.2, -0.15) is 15.0 Å². The minimum Gasteiger partial charge on any atom is -0.471 e. The molecule has 0 aliphatic heterocycles. The second kappa shape index (κ2) is 10.2. The number of hydrogen-bond acceptors (Lipinski definition) is 9. The van der Waals surface area contributed by atoms with E-state index in [0.29, 0.717) is 16.9 Å². The standard InChI is InChI=1S/C22H20N8O4/c1-14(31)25-16-8-10-17(11-9-16)34-22(32)30(2)29-28-21-26-19-18(23-13-24-19)20(27-21)33-12-15-6-4-3-5-7-15/h3-11,13H,12H2,1-2H3,(H,25,31)(H,23,24,26,27)/b29-28+. The maximum Gasteiger partial charge on any atom is 0.436 e. The third kappa shape index (κ3) is 5.68. The van der Waals surface area contributed by atoms with Crippen LogP contribution in [0.15, 0.2) is 71.3 Å². The molecule has 4 aromatic rings. The highest BCUT2D eigenvalue weighted by atomic mass is 16.6. The largest absolute Gasteiger partial charge is 0.471 e. The molecule has 34 heavy (non-hydrogen) atoms. The molecular formula is C22H20N8O4. The number of amides is 2. The molecule has 0 aliphatic carbocycles. The summed E-state index contributed by atoms with van der Waals surface area (Å²) in [5.74, 6) is 0.285. The maximum atomic E-state index is 12.3. The van der Waals surface area contributed by atoms with E-state index in [4.69, 9.17) is 9.47 Å². The number of aromatic amines is 1. The van der Waals surface area contributed by atoms with Crippen molar-refractivity contribution < 1.29 is 19.1 Å². The van der Waals surface area contributed by atoms with Gasteiger partial charge in [0, 0.05) is 19.7 Å². The Morgan fingerprint density at radius 2 is 1.85 bits per heavy atom. The highest BCUT2D eigenvalue weighted by molar-refractivity contribution is 5.88. The number of hydrogen-bond donors (Lipinski definition) is 2. The molecular weight excluding hydrogens is 440 g/mol. The first-order valence-corrected chi connectivity index (χ1v) is 10.1. The van der Waals surface area contributed by atoms with Gasteiger partial charge >= 0.3 is 6.09 Å². The highest BCUT2D eigenvalue weighted by Gasteiger charge is 2.14. The maximum absolute atomic E-state index is 12.3. The Morgan fingerprint density at radius 1 is 1.09 bits per heavy atom. The number of benzene rings is 2. The van der Waals surface area contributed by atoms with E-state index in [1.807, 2.05) is 30.3 Å². The van der Waals surface area contributed by atoms with Gasteiger partial charge < -0.3 is 19.8 Å². The molecule has 172 valence electrons. The summed E-state index contributed by atoms with van der Waals surface area (Å²) >= 11 is 0. The van der Waals surface area contributed by atoms with Crippen LogP contribution in [-0.2, 0) is 11.4 Å². The van der Waals surface area contributed by atoms with Gasteiger partial charge in [-0.1, -0.05) is 40.7 Å². The van der Waals surface area contributed by atoms with E-state index in [1.165, 1.54) is 20.3 Å². The lowest BCUT2D eigenvalue weighted by Gasteiger charge is -2.10. The van der Waals surface area contributed by atoms with Crippen LogP contribution in [-0.4, -0.2) is 44.0 Å². The van der Waals surface area contributed by atoms with E-state index < -0.39 is 6.09 Å². The van der Waals surface area contributed by atoms with Crippen molar-refractivity contribution >= 4 is 34.8 Å². The van der Waals surface area contributed by atoms with E-state index in [0.717, 1.165) is 10.6 Å². The number of carbonyl (C=O) groups excluding carboxylic acids is 2. The monoisotopic (exact) mass is 460 g/mol. The average molecular weight is 460 g/mol.